The number of Topliss-reactive ketones (excluding diaryl/α,β-unsaturated/α-hetero) is 1. The number of hydrogen-bond acceptors (Lipinski definition) is 3. The zero-order chi connectivity index (χ0) is 12.3. The zero-order valence-corrected chi connectivity index (χ0v) is 11.8. The van der Waals surface area contributed by atoms with Crippen LogP contribution in [0.1, 0.15) is 27.2 Å². The second-order valence-corrected chi connectivity index (χ2v) is 5.85. The Kier molecular flexibility index (Phi) is 4.07. The first kappa shape index (κ1) is 12.5. The summed E-state index contributed by atoms with van der Waals surface area (Å²) in [5.41, 5.74) is 0.527. The SMILES string of the molecule is CCc1ccc(CC(=O)c2ccc(Br)cn2)s1. The number of ketones is 1. The van der Waals surface area contributed by atoms with Gasteiger partial charge in [0.2, 0.25) is 0 Å². The molecule has 17 heavy (non-hydrogen) atoms. The second kappa shape index (κ2) is 5.56. The van der Waals surface area contributed by atoms with Gasteiger partial charge in [0.15, 0.2) is 5.78 Å². The van der Waals surface area contributed by atoms with E-state index in [1.54, 1.807) is 23.6 Å². The highest BCUT2D eigenvalue weighted by Crippen LogP contribution is 2.19. The molecule has 2 aromatic heterocycles. The van der Waals surface area contributed by atoms with E-state index in [4.69, 9.17) is 0 Å². The van der Waals surface area contributed by atoms with E-state index in [9.17, 15) is 4.79 Å². The lowest BCUT2D eigenvalue weighted by molar-refractivity contribution is 0.0989. The zero-order valence-electron chi connectivity index (χ0n) is 9.44. The van der Waals surface area contributed by atoms with E-state index in [0.717, 1.165) is 15.8 Å². The number of aryl methyl sites for hydroxylation is 1. The van der Waals surface area contributed by atoms with Crippen molar-refractivity contribution in [2.24, 2.45) is 0 Å². The highest BCUT2D eigenvalue weighted by Gasteiger charge is 2.09. The molecule has 0 atom stereocenters. The summed E-state index contributed by atoms with van der Waals surface area (Å²) in [7, 11) is 0. The van der Waals surface area contributed by atoms with E-state index >= 15 is 0 Å². The molecule has 0 saturated carbocycles. The summed E-state index contributed by atoms with van der Waals surface area (Å²) in [6.45, 7) is 2.12. The first-order chi connectivity index (χ1) is 8.19. The van der Waals surface area contributed by atoms with Crippen molar-refractivity contribution in [2.75, 3.05) is 0 Å². The average molecular weight is 310 g/mol. The van der Waals surface area contributed by atoms with Crippen molar-refractivity contribution >= 4 is 33.0 Å². The third-order valence-corrected chi connectivity index (χ3v) is 4.11. The molecule has 0 bridgehead atoms. The summed E-state index contributed by atoms with van der Waals surface area (Å²) in [6.07, 6.45) is 3.12. The summed E-state index contributed by atoms with van der Waals surface area (Å²) in [5.74, 6) is 0.0713. The Bertz CT molecular complexity index is 518. The van der Waals surface area contributed by atoms with Crippen molar-refractivity contribution in [3.05, 3.63) is 50.4 Å². The number of carbonyl (C=O) groups is 1. The molecule has 0 radical (unpaired) electrons. The van der Waals surface area contributed by atoms with Gasteiger partial charge in [0.25, 0.3) is 0 Å². The molecule has 0 N–H and O–H groups in total. The molecule has 0 saturated heterocycles. The van der Waals surface area contributed by atoms with Crippen molar-refractivity contribution in [3.63, 3.8) is 0 Å². The molecule has 2 aromatic rings. The number of thiophene rings is 1. The monoisotopic (exact) mass is 309 g/mol. The predicted octanol–water partition coefficient (Wildman–Crippen LogP) is 3.89. The van der Waals surface area contributed by atoms with Crippen LogP contribution >= 0.6 is 27.3 Å². The molecule has 0 aliphatic heterocycles. The smallest absolute Gasteiger partial charge is 0.186 e. The fourth-order valence-electron chi connectivity index (χ4n) is 1.50. The van der Waals surface area contributed by atoms with Crippen LogP contribution in [0.4, 0.5) is 0 Å². The molecule has 0 spiro atoms. The molecule has 0 amide bonds. The molecule has 4 heteroatoms. The maximum Gasteiger partial charge on any atom is 0.186 e. The second-order valence-electron chi connectivity index (χ2n) is 3.68. The molecule has 2 rings (SSSR count). The fraction of sp³-hybridized carbons (Fsp3) is 0.231. The van der Waals surface area contributed by atoms with Crippen LogP contribution in [0.15, 0.2) is 34.9 Å². The van der Waals surface area contributed by atoms with Gasteiger partial charge in [-0.15, -0.1) is 11.3 Å². The number of rotatable bonds is 4. The van der Waals surface area contributed by atoms with Crippen LogP contribution in [0.5, 0.6) is 0 Å². The van der Waals surface area contributed by atoms with E-state index in [0.29, 0.717) is 12.1 Å². The molecule has 0 fully saturated rings. The van der Waals surface area contributed by atoms with Gasteiger partial charge in [-0.05, 0) is 46.6 Å². The van der Waals surface area contributed by atoms with Crippen LogP contribution in [-0.4, -0.2) is 10.8 Å². The standard InChI is InChI=1S/C13H12BrNOS/c1-2-10-4-5-11(17-10)7-13(16)12-6-3-9(14)8-15-12/h3-6,8H,2,7H2,1H3. The summed E-state index contributed by atoms with van der Waals surface area (Å²) in [4.78, 5) is 18.5. The van der Waals surface area contributed by atoms with Gasteiger partial charge in [-0.25, -0.2) is 0 Å². The fourth-order valence-corrected chi connectivity index (χ4v) is 2.69. The Morgan fingerprint density at radius 2 is 2.06 bits per heavy atom. The predicted molar refractivity (Wildman–Crippen MR) is 73.7 cm³/mol. The van der Waals surface area contributed by atoms with Crippen LogP contribution < -0.4 is 0 Å². The number of hydrogen-bond donors (Lipinski definition) is 0. The lowest BCUT2D eigenvalue weighted by atomic mass is 10.2. The largest absolute Gasteiger partial charge is 0.292 e. The normalized spacial score (nSPS) is 10.5. The van der Waals surface area contributed by atoms with Crippen molar-refractivity contribution in [1.82, 2.24) is 4.98 Å². The Morgan fingerprint density at radius 1 is 1.29 bits per heavy atom. The summed E-state index contributed by atoms with van der Waals surface area (Å²) in [5, 5.41) is 0. The molecule has 88 valence electrons. The minimum atomic E-state index is 0.0713. The van der Waals surface area contributed by atoms with Crippen molar-refractivity contribution in [1.29, 1.82) is 0 Å². The van der Waals surface area contributed by atoms with Crippen LogP contribution in [-0.2, 0) is 12.8 Å². The Labute approximate surface area is 113 Å². The first-order valence-corrected chi connectivity index (χ1v) is 7.02. The maximum atomic E-state index is 12.0. The number of pyridine rings is 1. The van der Waals surface area contributed by atoms with Gasteiger partial charge < -0.3 is 0 Å². The summed E-state index contributed by atoms with van der Waals surface area (Å²) < 4.78 is 0.887. The van der Waals surface area contributed by atoms with Crippen LogP contribution in [0.25, 0.3) is 0 Å². The molecule has 2 heterocycles. The highest BCUT2D eigenvalue weighted by atomic mass is 79.9. The van der Waals surface area contributed by atoms with Crippen LogP contribution in [0, 0.1) is 0 Å². The third kappa shape index (κ3) is 3.23. The average Bonchev–Trinajstić information content (AvgIpc) is 2.77. The molecular weight excluding hydrogens is 298 g/mol. The van der Waals surface area contributed by atoms with E-state index < -0.39 is 0 Å². The maximum absolute atomic E-state index is 12.0. The quantitative estimate of drug-likeness (QED) is 0.802. The molecule has 0 aliphatic rings. The third-order valence-electron chi connectivity index (χ3n) is 2.41. The first-order valence-electron chi connectivity index (χ1n) is 5.41. The minimum absolute atomic E-state index is 0.0713. The van der Waals surface area contributed by atoms with Crippen molar-refractivity contribution < 1.29 is 4.79 Å². The van der Waals surface area contributed by atoms with Gasteiger partial charge in [-0.1, -0.05) is 6.92 Å². The van der Waals surface area contributed by atoms with Gasteiger partial charge in [0.05, 0.1) is 0 Å². The highest BCUT2D eigenvalue weighted by molar-refractivity contribution is 9.10. The number of aromatic nitrogens is 1. The lowest BCUT2D eigenvalue weighted by Gasteiger charge is -1.98. The van der Waals surface area contributed by atoms with Crippen molar-refractivity contribution in [3.8, 4) is 0 Å². The molecule has 0 aliphatic carbocycles. The van der Waals surface area contributed by atoms with Gasteiger partial charge in [-0.2, -0.15) is 0 Å². The Hall–Kier alpha value is -1.00. The molecular formula is C13H12BrNOS. The summed E-state index contributed by atoms with van der Waals surface area (Å²) in [6, 6.07) is 7.70. The van der Waals surface area contributed by atoms with Gasteiger partial charge in [0, 0.05) is 26.8 Å². The molecule has 0 aromatic carbocycles. The number of carbonyl (C=O) groups excluding carboxylic acids is 1. The van der Waals surface area contributed by atoms with Crippen molar-refractivity contribution in [2.45, 2.75) is 19.8 Å². The van der Waals surface area contributed by atoms with Gasteiger partial charge in [-0.3, -0.25) is 9.78 Å². The number of halogens is 1. The van der Waals surface area contributed by atoms with E-state index in [1.165, 1.54) is 4.88 Å². The van der Waals surface area contributed by atoms with E-state index in [2.05, 4.69) is 33.9 Å². The topological polar surface area (TPSA) is 30.0 Å². The van der Waals surface area contributed by atoms with Crippen LogP contribution in [0.2, 0.25) is 0 Å². The van der Waals surface area contributed by atoms with Gasteiger partial charge >= 0.3 is 0 Å². The lowest BCUT2D eigenvalue weighted by Crippen LogP contribution is -2.04. The molecule has 0 unspecified atom stereocenters. The van der Waals surface area contributed by atoms with Gasteiger partial charge in [0.1, 0.15) is 5.69 Å². The minimum Gasteiger partial charge on any atom is -0.292 e. The van der Waals surface area contributed by atoms with Crippen LogP contribution in [0.3, 0.4) is 0 Å². The van der Waals surface area contributed by atoms with E-state index in [1.807, 2.05) is 12.1 Å². The van der Waals surface area contributed by atoms with E-state index in [-0.39, 0.29) is 5.78 Å². The number of nitrogens with zero attached hydrogens (tertiary/aromatic N) is 1. The molecule has 2 nitrogen and oxygen atoms in total. The summed E-state index contributed by atoms with van der Waals surface area (Å²) >= 11 is 5.00. The Balaban J connectivity index is 2.08. The Morgan fingerprint density at radius 3 is 2.65 bits per heavy atom.